The van der Waals surface area contributed by atoms with Gasteiger partial charge in [-0.05, 0) is 64.2 Å². The summed E-state index contributed by atoms with van der Waals surface area (Å²) in [6, 6.07) is 0. The number of rotatable bonds is 37. The molecule has 1 unspecified atom stereocenters. The Morgan fingerprint density at radius 3 is 1.60 bits per heavy atom. The maximum Gasteiger partial charge on any atom is 0.306 e. The number of esters is 2. The minimum Gasteiger partial charge on any atom is -0.756 e. The van der Waals surface area contributed by atoms with Crippen molar-refractivity contribution < 1.29 is 42.1 Å². The number of ether oxygens (including phenoxy) is 2. The number of quaternary nitrogens is 1. The van der Waals surface area contributed by atoms with Crippen molar-refractivity contribution in [3.05, 3.63) is 36.5 Å². The molecule has 0 aromatic carbocycles. The Morgan fingerprint density at radius 2 is 1.06 bits per heavy atom. The Hall–Kier alpha value is -1.77. The second-order valence-electron chi connectivity index (χ2n) is 15.0. The van der Waals surface area contributed by atoms with Gasteiger partial charge in [-0.2, -0.15) is 0 Å². The van der Waals surface area contributed by atoms with Crippen LogP contribution in [-0.2, 0) is 32.7 Å². The van der Waals surface area contributed by atoms with Crippen LogP contribution in [0.15, 0.2) is 36.5 Å². The van der Waals surface area contributed by atoms with E-state index >= 15 is 0 Å². The molecule has 10 heteroatoms. The summed E-state index contributed by atoms with van der Waals surface area (Å²) in [6.45, 7) is 4.14. The van der Waals surface area contributed by atoms with Crippen molar-refractivity contribution in [2.75, 3.05) is 47.5 Å². The van der Waals surface area contributed by atoms with Crippen molar-refractivity contribution in [3.63, 3.8) is 0 Å². The highest BCUT2D eigenvalue weighted by molar-refractivity contribution is 7.45. The topological polar surface area (TPSA) is 111 Å². The second kappa shape index (κ2) is 35.0. The third kappa shape index (κ3) is 38.0. The van der Waals surface area contributed by atoms with Gasteiger partial charge in [-0.15, -0.1) is 0 Å². The molecular formula is C42H78NO8P. The van der Waals surface area contributed by atoms with Crippen LogP contribution in [0.5, 0.6) is 0 Å². The van der Waals surface area contributed by atoms with Crippen LogP contribution >= 0.6 is 7.82 Å². The first-order valence-electron chi connectivity index (χ1n) is 20.7. The van der Waals surface area contributed by atoms with E-state index in [2.05, 4.69) is 50.3 Å². The number of hydrogen-bond donors (Lipinski definition) is 0. The van der Waals surface area contributed by atoms with Crippen molar-refractivity contribution >= 4 is 19.8 Å². The molecule has 9 nitrogen and oxygen atoms in total. The number of likely N-dealkylation sites (N-methyl/N-ethyl adjacent to an activating group) is 1. The molecular weight excluding hydrogens is 677 g/mol. The molecule has 2 atom stereocenters. The van der Waals surface area contributed by atoms with Crippen LogP contribution in [0.25, 0.3) is 0 Å². The van der Waals surface area contributed by atoms with Gasteiger partial charge in [0.1, 0.15) is 19.8 Å². The molecule has 0 aliphatic rings. The summed E-state index contributed by atoms with van der Waals surface area (Å²) in [5.74, 6) is -0.862. The molecule has 0 bridgehead atoms. The van der Waals surface area contributed by atoms with Gasteiger partial charge >= 0.3 is 11.9 Å². The normalized spacial score (nSPS) is 14.0. The minimum atomic E-state index is -4.62. The molecule has 0 fully saturated rings. The SMILES string of the molecule is CCCC/C=C/C/C=C/CCCCCCCC(=O)OC[C@H](COP(=O)([O-])OCC[N+](C)(C)C)OC(=O)CCCCCCC/C=C/CCCCCCC. The molecule has 0 heterocycles. The van der Waals surface area contributed by atoms with Gasteiger partial charge in [0.2, 0.25) is 0 Å². The lowest BCUT2D eigenvalue weighted by molar-refractivity contribution is -0.870. The molecule has 0 saturated heterocycles. The van der Waals surface area contributed by atoms with E-state index < -0.39 is 32.5 Å². The molecule has 0 radical (unpaired) electrons. The third-order valence-corrected chi connectivity index (χ3v) is 9.60. The van der Waals surface area contributed by atoms with Crippen LogP contribution in [0.2, 0.25) is 0 Å². The zero-order valence-electron chi connectivity index (χ0n) is 34.0. The van der Waals surface area contributed by atoms with E-state index in [1.807, 2.05) is 21.1 Å². The molecule has 0 saturated carbocycles. The molecule has 0 spiro atoms. The van der Waals surface area contributed by atoms with Crippen molar-refractivity contribution in [1.82, 2.24) is 0 Å². The predicted molar refractivity (Wildman–Crippen MR) is 213 cm³/mol. The fourth-order valence-corrected chi connectivity index (χ4v) is 6.04. The largest absolute Gasteiger partial charge is 0.756 e. The van der Waals surface area contributed by atoms with Gasteiger partial charge in [0, 0.05) is 12.8 Å². The average Bonchev–Trinajstić information content (AvgIpc) is 3.09. The van der Waals surface area contributed by atoms with Crippen LogP contribution in [0.4, 0.5) is 0 Å². The average molecular weight is 756 g/mol. The highest BCUT2D eigenvalue weighted by Gasteiger charge is 2.21. The van der Waals surface area contributed by atoms with E-state index in [4.69, 9.17) is 18.5 Å². The van der Waals surface area contributed by atoms with Gasteiger partial charge in [0.15, 0.2) is 6.10 Å². The lowest BCUT2D eigenvalue weighted by atomic mass is 10.1. The maximum atomic E-state index is 12.6. The van der Waals surface area contributed by atoms with Gasteiger partial charge in [-0.3, -0.25) is 14.2 Å². The lowest BCUT2D eigenvalue weighted by Crippen LogP contribution is -2.37. The predicted octanol–water partition coefficient (Wildman–Crippen LogP) is 10.7. The summed E-state index contributed by atoms with van der Waals surface area (Å²) >= 11 is 0. The van der Waals surface area contributed by atoms with E-state index in [1.165, 1.54) is 51.4 Å². The quantitative estimate of drug-likeness (QED) is 0.0203. The summed E-state index contributed by atoms with van der Waals surface area (Å²) in [5, 5.41) is 0. The van der Waals surface area contributed by atoms with Gasteiger partial charge in [-0.1, -0.05) is 127 Å². The van der Waals surface area contributed by atoms with Crippen LogP contribution in [0, 0.1) is 0 Å². The Kier molecular flexibility index (Phi) is 33.8. The summed E-state index contributed by atoms with van der Waals surface area (Å²) in [4.78, 5) is 37.4. The van der Waals surface area contributed by atoms with E-state index in [0.717, 1.165) is 77.0 Å². The number of unbranched alkanes of at least 4 members (excludes halogenated alkanes) is 17. The molecule has 0 amide bonds. The number of phosphoric ester groups is 1. The third-order valence-electron chi connectivity index (χ3n) is 8.63. The van der Waals surface area contributed by atoms with E-state index in [9.17, 15) is 19.0 Å². The molecule has 304 valence electrons. The Morgan fingerprint density at radius 1 is 0.596 bits per heavy atom. The minimum absolute atomic E-state index is 0.0351. The molecule has 0 aliphatic heterocycles. The smallest absolute Gasteiger partial charge is 0.306 e. The van der Waals surface area contributed by atoms with Gasteiger partial charge in [0.05, 0.1) is 27.7 Å². The maximum absolute atomic E-state index is 12.6. The van der Waals surface area contributed by atoms with Crippen LogP contribution in [-0.4, -0.2) is 70.0 Å². The molecule has 52 heavy (non-hydrogen) atoms. The van der Waals surface area contributed by atoms with E-state index in [-0.39, 0.29) is 26.1 Å². The van der Waals surface area contributed by atoms with E-state index in [0.29, 0.717) is 23.9 Å². The Balaban J connectivity index is 4.44. The van der Waals surface area contributed by atoms with Crippen molar-refractivity contribution in [2.24, 2.45) is 0 Å². The molecule has 0 N–H and O–H groups in total. The van der Waals surface area contributed by atoms with Crippen molar-refractivity contribution in [2.45, 2.75) is 174 Å². The zero-order chi connectivity index (χ0) is 38.6. The molecule has 0 rings (SSSR count). The first-order chi connectivity index (χ1) is 25.0. The standard InChI is InChI=1S/C42H78NO8P/c1-6-8-10-12-14-16-18-20-22-24-26-28-30-32-34-41(44)48-38-40(39-50-52(46,47)49-37-36-43(3,4)5)51-42(45)35-33-31-29-27-25-23-21-19-17-15-13-11-9-7-2/h12,14,18-21,40H,6-11,13,15-17,22-39H2,1-5H3/b14-12+,20-18+,21-19+/t40-/m1/s1. The summed E-state index contributed by atoms with van der Waals surface area (Å²) in [6.07, 6.45) is 37.3. The number of nitrogens with zero attached hydrogens (tertiary/aromatic N) is 1. The number of hydrogen-bond acceptors (Lipinski definition) is 8. The number of phosphoric acid groups is 1. The van der Waals surface area contributed by atoms with Crippen LogP contribution in [0.1, 0.15) is 168 Å². The zero-order valence-corrected chi connectivity index (χ0v) is 34.9. The van der Waals surface area contributed by atoms with Crippen molar-refractivity contribution in [3.8, 4) is 0 Å². The van der Waals surface area contributed by atoms with Gasteiger partial charge in [0.25, 0.3) is 7.82 Å². The van der Waals surface area contributed by atoms with Crippen LogP contribution in [0.3, 0.4) is 0 Å². The number of carbonyl (C=O) groups is 2. The monoisotopic (exact) mass is 756 g/mol. The molecule has 0 aromatic heterocycles. The Bertz CT molecular complexity index is 991. The summed E-state index contributed by atoms with van der Waals surface area (Å²) in [5.41, 5.74) is 0. The first kappa shape index (κ1) is 50.2. The van der Waals surface area contributed by atoms with Crippen molar-refractivity contribution in [1.29, 1.82) is 0 Å². The summed E-state index contributed by atoms with van der Waals surface area (Å²) in [7, 11) is 1.15. The fraction of sp³-hybridized carbons (Fsp3) is 0.810. The van der Waals surface area contributed by atoms with Crippen LogP contribution < -0.4 is 4.89 Å². The highest BCUT2D eigenvalue weighted by atomic mass is 31.2. The number of allylic oxidation sites excluding steroid dienone is 6. The van der Waals surface area contributed by atoms with E-state index in [1.54, 1.807) is 0 Å². The fourth-order valence-electron chi connectivity index (χ4n) is 5.31. The highest BCUT2D eigenvalue weighted by Crippen LogP contribution is 2.38. The lowest BCUT2D eigenvalue weighted by Gasteiger charge is -2.28. The molecule has 0 aliphatic carbocycles. The summed E-state index contributed by atoms with van der Waals surface area (Å²) < 4.78 is 33.8. The second-order valence-corrected chi connectivity index (χ2v) is 16.4. The van der Waals surface area contributed by atoms with Gasteiger partial charge < -0.3 is 27.9 Å². The first-order valence-corrected chi connectivity index (χ1v) is 22.2. The Labute approximate surface area is 319 Å². The molecule has 0 aromatic rings. The van der Waals surface area contributed by atoms with Gasteiger partial charge in [-0.25, -0.2) is 0 Å². The number of carbonyl (C=O) groups excluding carboxylic acids is 2.